The second-order valence-electron chi connectivity index (χ2n) is 4.03. The lowest BCUT2D eigenvalue weighted by atomic mass is 10.1. The van der Waals surface area contributed by atoms with E-state index in [2.05, 4.69) is 22.2 Å². The van der Waals surface area contributed by atoms with Gasteiger partial charge in [-0.05, 0) is 31.5 Å². The van der Waals surface area contributed by atoms with Crippen LogP contribution < -0.4 is 11.1 Å². The fraction of sp³-hybridized carbons (Fsp3) is 0.231. The highest BCUT2D eigenvalue weighted by molar-refractivity contribution is 5.46. The van der Waals surface area contributed by atoms with Gasteiger partial charge in [0.2, 0.25) is 0 Å². The van der Waals surface area contributed by atoms with Crippen molar-refractivity contribution in [2.24, 2.45) is 0 Å². The van der Waals surface area contributed by atoms with Crippen molar-refractivity contribution < 1.29 is 0 Å². The Morgan fingerprint density at radius 1 is 1.24 bits per heavy atom. The van der Waals surface area contributed by atoms with E-state index >= 15 is 0 Å². The Bertz CT molecular complexity index is 510. The van der Waals surface area contributed by atoms with E-state index in [1.54, 1.807) is 12.4 Å². The molecule has 4 nitrogen and oxygen atoms in total. The molecule has 1 atom stereocenters. The number of aromatic nitrogens is 2. The van der Waals surface area contributed by atoms with Crippen molar-refractivity contribution in [2.75, 3.05) is 11.1 Å². The van der Waals surface area contributed by atoms with Gasteiger partial charge in [-0.3, -0.25) is 4.98 Å². The summed E-state index contributed by atoms with van der Waals surface area (Å²) in [5.74, 6) is 0.808. The van der Waals surface area contributed by atoms with E-state index < -0.39 is 0 Å². The van der Waals surface area contributed by atoms with Crippen LogP contribution in [0.1, 0.15) is 24.2 Å². The molecular weight excluding hydrogens is 212 g/mol. The Hall–Kier alpha value is -2.10. The zero-order chi connectivity index (χ0) is 12.3. The number of hydrogen-bond acceptors (Lipinski definition) is 4. The normalized spacial score (nSPS) is 12.1. The first kappa shape index (κ1) is 11.4. The highest BCUT2D eigenvalue weighted by Crippen LogP contribution is 2.20. The van der Waals surface area contributed by atoms with Gasteiger partial charge in [-0.25, -0.2) is 4.98 Å². The van der Waals surface area contributed by atoms with Crippen molar-refractivity contribution in [1.29, 1.82) is 0 Å². The highest BCUT2D eigenvalue weighted by atomic mass is 15.0. The summed E-state index contributed by atoms with van der Waals surface area (Å²) in [4.78, 5) is 8.46. The van der Waals surface area contributed by atoms with Crippen LogP contribution in [-0.2, 0) is 0 Å². The maximum atomic E-state index is 5.76. The monoisotopic (exact) mass is 228 g/mol. The second kappa shape index (κ2) is 4.82. The summed E-state index contributed by atoms with van der Waals surface area (Å²) in [6.45, 7) is 4.00. The predicted octanol–water partition coefficient (Wildman–Crippen LogP) is 2.54. The van der Waals surface area contributed by atoms with E-state index in [-0.39, 0.29) is 6.04 Å². The maximum absolute atomic E-state index is 5.76. The quantitative estimate of drug-likeness (QED) is 0.792. The van der Waals surface area contributed by atoms with Crippen LogP contribution in [0.2, 0.25) is 0 Å². The molecule has 0 aliphatic heterocycles. The molecule has 1 aromatic heterocycles. The van der Waals surface area contributed by atoms with Gasteiger partial charge in [0.25, 0.3) is 0 Å². The lowest BCUT2D eigenvalue weighted by Crippen LogP contribution is -2.09. The van der Waals surface area contributed by atoms with Crippen molar-refractivity contribution in [1.82, 2.24) is 9.97 Å². The third kappa shape index (κ3) is 2.72. The molecule has 0 aliphatic carbocycles. The van der Waals surface area contributed by atoms with Crippen LogP contribution in [0, 0.1) is 6.92 Å². The van der Waals surface area contributed by atoms with Gasteiger partial charge in [0.1, 0.15) is 5.82 Å². The van der Waals surface area contributed by atoms with Crippen molar-refractivity contribution in [3.05, 3.63) is 47.9 Å². The van der Waals surface area contributed by atoms with Crippen LogP contribution in [-0.4, -0.2) is 9.97 Å². The number of nitrogen functional groups attached to an aromatic ring is 1. The fourth-order valence-electron chi connectivity index (χ4n) is 1.67. The zero-order valence-corrected chi connectivity index (χ0v) is 10.0. The molecule has 0 saturated heterocycles. The molecular formula is C13H16N4. The summed E-state index contributed by atoms with van der Waals surface area (Å²) < 4.78 is 0. The number of rotatable bonds is 3. The first-order valence-electron chi connectivity index (χ1n) is 5.56. The predicted molar refractivity (Wildman–Crippen MR) is 69.7 cm³/mol. The van der Waals surface area contributed by atoms with E-state index in [9.17, 15) is 0 Å². The number of nitrogens with two attached hydrogens (primary N) is 1. The molecule has 0 aliphatic rings. The van der Waals surface area contributed by atoms with Crippen molar-refractivity contribution in [2.45, 2.75) is 19.9 Å². The van der Waals surface area contributed by atoms with Crippen LogP contribution in [0.3, 0.4) is 0 Å². The van der Waals surface area contributed by atoms with Crippen molar-refractivity contribution in [3.63, 3.8) is 0 Å². The summed E-state index contributed by atoms with van der Waals surface area (Å²) in [7, 11) is 0. The lowest BCUT2D eigenvalue weighted by Gasteiger charge is -2.16. The van der Waals surface area contributed by atoms with E-state index in [4.69, 9.17) is 5.73 Å². The first-order valence-corrected chi connectivity index (χ1v) is 5.56. The molecule has 0 amide bonds. The van der Waals surface area contributed by atoms with Crippen LogP contribution in [0.4, 0.5) is 11.5 Å². The number of aryl methyl sites for hydroxylation is 1. The molecule has 1 heterocycles. The summed E-state index contributed by atoms with van der Waals surface area (Å²) in [6.07, 6.45) is 3.37. The SMILES string of the molecule is Cc1nccnc1NC(C)c1cccc(N)c1. The second-order valence-corrected chi connectivity index (χ2v) is 4.03. The van der Waals surface area contributed by atoms with Gasteiger partial charge in [-0.2, -0.15) is 0 Å². The molecule has 0 bridgehead atoms. The molecule has 0 saturated carbocycles. The Labute approximate surface area is 101 Å². The Morgan fingerprint density at radius 2 is 2.00 bits per heavy atom. The molecule has 0 radical (unpaired) electrons. The van der Waals surface area contributed by atoms with E-state index in [1.165, 1.54) is 0 Å². The minimum atomic E-state index is 0.147. The number of nitrogens with zero attached hydrogens (tertiary/aromatic N) is 2. The van der Waals surface area contributed by atoms with E-state index in [1.807, 2.05) is 31.2 Å². The van der Waals surface area contributed by atoms with Crippen LogP contribution in [0.15, 0.2) is 36.7 Å². The third-order valence-electron chi connectivity index (χ3n) is 2.65. The van der Waals surface area contributed by atoms with Gasteiger partial charge in [0.05, 0.1) is 11.7 Å². The third-order valence-corrected chi connectivity index (χ3v) is 2.65. The van der Waals surface area contributed by atoms with Gasteiger partial charge >= 0.3 is 0 Å². The molecule has 88 valence electrons. The van der Waals surface area contributed by atoms with Crippen LogP contribution in [0.5, 0.6) is 0 Å². The Kier molecular flexibility index (Phi) is 3.23. The van der Waals surface area contributed by atoms with Crippen molar-refractivity contribution >= 4 is 11.5 Å². The molecule has 0 spiro atoms. The Balaban J connectivity index is 2.17. The molecule has 0 fully saturated rings. The first-order chi connectivity index (χ1) is 8.16. The average molecular weight is 228 g/mol. The van der Waals surface area contributed by atoms with Crippen LogP contribution >= 0.6 is 0 Å². The number of hydrogen-bond donors (Lipinski definition) is 2. The summed E-state index contributed by atoms with van der Waals surface area (Å²) >= 11 is 0. The molecule has 4 heteroatoms. The van der Waals surface area contributed by atoms with Gasteiger partial charge in [-0.1, -0.05) is 12.1 Å². The number of benzene rings is 1. The van der Waals surface area contributed by atoms with E-state index in [0.29, 0.717) is 0 Å². The number of anilines is 2. The standard InChI is InChI=1S/C13H16N4/c1-9(11-4-3-5-12(14)8-11)17-13-10(2)15-6-7-16-13/h3-9H,14H2,1-2H3,(H,16,17). The summed E-state index contributed by atoms with van der Waals surface area (Å²) in [5.41, 5.74) is 8.56. The fourth-order valence-corrected chi connectivity index (χ4v) is 1.67. The molecule has 17 heavy (non-hydrogen) atoms. The molecule has 1 aromatic carbocycles. The van der Waals surface area contributed by atoms with Gasteiger partial charge < -0.3 is 11.1 Å². The summed E-state index contributed by atoms with van der Waals surface area (Å²) in [6, 6.07) is 7.98. The van der Waals surface area contributed by atoms with Gasteiger partial charge in [0.15, 0.2) is 0 Å². The number of nitrogens with one attached hydrogen (secondary N) is 1. The molecule has 1 unspecified atom stereocenters. The van der Waals surface area contributed by atoms with Crippen LogP contribution in [0.25, 0.3) is 0 Å². The average Bonchev–Trinajstić information content (AvgIpc) is 2.32. The topological polar surface area (TPSA) is 63.8 Å². The highest BCUT2D eigenvalue weighted by Gasteiger charge is 2.08. The lowest BCUT2D eigenvalue weighted by molar-refractivity contribution is 0.866. The minimum absolute atomic E-state index is 0.147. The van der Waals surface area contributed by atoms with Gasteiger partial charge in [-0.15, -0.1) is 0 Å². The largest absolute Gasteiger partial charge is 0.399 e. The van der Waals surface area contributed by atoms with Crippen molar-refractivity contribution in [3.8, 4) is 0 Å². The smallest absolute Gasteiger partial charge is 0.147 e. The van der Waals surface area contributed by atoms with Gasteiger partial charge in [0, 0.05) is 18.1 Å². The molecule has 2 rings (SSSR count). The maximum Gasteiger partial charge on any atom is 0.147 e. The minimum Gasteiger partial charge on any atom is -0.399 e. The zero-order valence-electron chi connectivity index (χ0n) is 10.0. The summed E-state index contributed by atoms with van der Waals surface area (Å²) in [5, 5.41) is 3.32. The van der Waals surface area contributed by atoms with E-state index in [0.717, 1.165) is 22.8 Å². The Morgan fingerprint density at radius 3 is 2.71 bits per heavy atom. The molecule has 2 aromatic rings. The molecule has 3 N–H and O–H groups in total.